The van der Waals surface area contributed by atoms with E-state index in [1.165, 1.54) is 5.56 Å². The number of hydrogen-bond acceptors (Lipinski definition) is 4. The maximum absolute atomic E-state index is 12.5. The first-order valence-corrected chi connectivity index (χ1v) is 9.90. The van der Waals surface area contributed by atoms with E-state index in [9.17, 15) is 4.79 Å². The number of rotatable bonds is 8. The zero-order chi connectivity index (χ0) is 19.8. The molecule has 0 spiro atoms. The Hall–Kier alpha value is -2.37. The van der Waals surface area contributed by atoms with Crippen molar-refractivity contribution >= 4 is 11.6 Å². The first-order chi connectivity index (χ1) is 13.7. The van der Waals surface area contributed by atoms with Crippen LogP contribution in [0.5, 0.6) is 5.75 Å². The van der Waals surface area contributed by atoms with Crippen molar-refractivity contribution in [2.75, 3.05) is 25.6 Å². The van der Waals surface area contributed by atoms with Crippen molar-refractivity contribution in [3.05, 3.63) is 59.7 Å². The zero-order valence-corrected chi connectivity index (χ0v) is 16.6. The molecule has 0 radical (unpaired) electrons. The average molecular weight is 383 g/mol. The van der Waals surface area contributed by atoms with Crippen LogP contribution in [0.3, 0.4) is 0 Å². The molecule has 5 heteroatoms. The van der Waals surface area contributed by atoms with Crippen LogP contribution in [0.25, 0.3) is 0 Å². The first-order valence-electron chi connectivity index (χ1n) is 9.90. The molecule has 1 amide bonds. The van der Waals surface area contributed by atoms with Gasteiger partial charge >= 0.3 is 0 Å². The van der Waals surface area contributed by atoms with Gasteiger partial charge in [-0.25, -0.2) is 0 Å². The number of methoxy groups -OCH3 is 1. The van der Waals surface area contributed by atoms with E-state index in [0.29, 0.717) is 6.61 Å². The fourth-order valence-electron chi connectivity index (χ4n) is 3.32. The maximum Gasteiger partial charge on any atom is 0.253 e. The molecule has 0 bridgehead atoms. The van der Waals surface area contributed by atoms with Crippen LogP contribution in [0.2, 0.25) is 0 Å². The average Bonchev–Trinajstić information content (AvgIpc) is 2.73. The Morgan fingerprint density at radius 3 is 2.75 bits per heavy atom. The van der Waals surface area contributed by atoms with Gasteiger partial charge in [0.1, 0.15) is 11.9 Å². The Balaban J connectivity index is 1.59. The highest BCUT2D eigenvalue weighted by Gasteiger charge is 2.19. The standard InChI is InChI=1S/C23H29NO4/c1-17(28-16-21-10-6-7-13-27-21)23(25)24-20-11-12-22(26-2)19(15-20)14-18-8-4-3-5-9-18/h3-5,8-9,11-12,15,17,21H,6-7,10,13-14,16H2,1-2H3,(H,24,25). The molecule has 1 aliphatic heterocycles. The number of anilines is 1. The summed E-state index contributed by atoms with van der Waals surface area (Å²) in [5.41, 5.74) is 2.95. The number of carbonyl (C=O) groups excluding carboxylic acids is 1. The summed E-state index contributed by atoms with van der Waals surface area (Å²) in [5, 5.41) is 2.95. The highest BCUT2D eigenvalue weighted by Crippen LogP contribution is 2.25. The van der Waals surface area contributed by atoms with Crippen molar-refractivity contribution in [1.29, 1.82) is 0 Å². The lowest BCUT2D eigenvalue weighted by atomic mass is 10.0. The molecule has 0 aliphatic carbocycles. The first kappa shape index (κ1) is 20.4. The Morgan fingerprint density at radius 2 is 2.04 bits per heavy atom. The normalized spacial score (nSPS) is 17.7. The van der Waals surface area contributed by atoms with Crippen molar-refractivity contribution in [3.8, 4) is 5.75 Å². The topological polar surface area (TPSA) is 56.8 Å². The summed E-state index contributed by atoms with van der Waals surface area (Å²) in [4.78, 5) is 12.5. The molecule has 1 heterocycles. The number of ether oxygens (including phenoxy) is 3. The number of nitrogens with one attached hydrogen (secondary N) is 1. The van der Waals surface area contributed by atoms with Gasteiger partial charge in [-0.05, 0) is 49.9 Å². The second-order valence-corrected chi connectivity index (χ2v) is 7.14. The van der Waals surface area contributed by atoms with Crippen LogP contribution in [0.1, 0.15) is 37.3 Å². The highest BCUT2D eigenvalue weighted by molar-refractivity contribution is 5.94. The predicted molar refractivity (Wildman–Crippen MR) is 110 cm³/mol. The summed E-state index contributed by atoms with van der Waals surface area (Å²) in [5.74, 6) is 0.646. The number of amides is 1. The quantitative estimate of drug-likeness (QED) is 0.742. The van der Waals surface area contributed by atoms with E-state index in [1.807, 2.05) is 36.4 Å². The zero-order valence-electron chi connectivity index (χ0n) is 16.6. The van der Waals surface area contributed by atoms with Crippen LogP contribution in [0, 0.1) is 0 Å². The van der Waals surface area contributed by atoms with Crippen molar-refractivity contribution in [1.82, 2.24) is 0 Å². The van der Waals surface area contributed by atoms with Gasteiger partial charge in [0.25, 0.3) is 5.91 Å². The summed E-state index contributed by atoms with van der Waals surface area (Å²) >= 11 is 0. The fourth-order valence-corrected chi connectivity index (χ4v) is 3.32. The van der Waals surface area contributed by atoms with Crippen molar-refractivity contribution in [2.24, 2.45) is 0 Å². The van der Waals surface area contributed by atoms with Gasteiger partial charge in [0.15, 0.2) is 0 Å². The van der Waals surface area contributed by atoms with E-state index in [2.05, 4.69) is 17.4 Å². The van der Waals surface area contributed by atoms with Crippen LogP contribution in [-0.4, -0.2) is 38.4 Å². The van der Waals surface area contributed by atoms with Crippen LogP contribution < -0.4 is 10.1 Å². The van der Waals surface area contributed by atoms with Gasteiger partial charge in [0.2, 0.25) is 0 Å². The summed E-state index contributed by atoms with van der Waals surface area (Å²) in [6.07, 6.45) is 3.56. The van der Waals surface area contributed by atoms with Gasteiger partial charge in [0.05, 0.1) is 19.8 Å². The molecule has 5 nitrogen and oxygen atoms in total. The number of benzene rings is 2. The summed E-state index contributed by atoms with van der Waals surface area (Å²) in [6.45, 7) is 3.01. The van der Waals surface area contributed by atoms with E-state index in [4.69, 9.17) is 14.2 Å². The van der Waals surface area contributed by atoms with E-state index in [1.54, 1.807) is 14.0 Å². The minimum absolute atomic E-state index is 0.0995. The second kappa shape index (κ2) is 10.2. The third kappa shape index (κ3) is 5.81. The molecule has 1 fully saturated rings. The lowest BCUT2D eigenvalue weighted by molar-refractivity contribution is -0.130. The second-order valence-electron chi connectivity index (χ2n) is 7.14. The monoisotopic (exact) mass is 383 g/mol. The van der Waals surface area contributed by atoms with Crippen LogP contribution >= 0.6 is 0 Å². The molecule has 1 N–H and O–H groups in total. The molecule has 0 saturated carbocycles. The molecular formula is C23H29NO4. The van der Waals surface area contributed by atoms with E-state index < -0.39 is 6.10 Å². The van der Waals surface area contributed by atoms with Gasteiger partial charge in [-0.15, -0.1) is 0 Å². The molecule has 2 aromatic carbocycles. The summed E-state index contributed by atoms with van der Waals surface area (Å²) in [7, 11) is 1.66. The lowest BCUT2D eigenvalue weighted by Gasteiger charge is -2.24. The number of hydrogen-bond donors (Lipinski definition) is 1. The fraction of sp³-hybridized carbons (Fsp3) is 0.435. The molecular weight excluding hydrogens is 354 g/mol. The SMILES string of the molecule is COc1ccc(NC(=O)C(C)OCC2CCCCO2)cc1Cc1ccccc1. The highest BCUT2D eigenvalue weighted by atomic mass is 16.5. The van der Waals surface area contributed by atoms with Crippen LogP contribution in [0.4, 0.5) is 5.69 Å². The van der Waals surface area contributed by atoms with Gasteiger partial charge in [-0.1, -0.05) is 30.3 Å². The number of carbonyl (C=O) groups is 1. The van der Waals surface area contributed by atoms with Crippen molar-refractivity contribution in [2.45, 2.75) is 44.8 Å². The van der Waals surface area contributed by atoms with Gasteiger partial charge in [0, 0.05) is 24.3 Å². The molecule has 1 saturated heterocycles. The molecule has 0 aromatic heterocycles. The Labute approximate surface area is 167 Å². The van der Waals surface area contributed by atoms with Crippen LogP contribution in [-0.2, 0) is 20.7 Å². The van der Waals surface area contributed by atoms with Crippen LogP contribution in [0.15, 0.2) is 48.5 Å². The van der Waals surface area contributed by atoms with E-state index in [-0.39, 0.29) is 12.0 Å². The Kier molecular flexibility index (Phi) is 7.46. The van der Waals surface area contributed by atoms with Gasteiger partial charge in [-0.3, -0.25) is 4.79 Å². The van der Waals surface area contributed by atoms with Gasteiger partial charge < -0.3 is 19.5 Å². The minimum Gasteiger partial charge on any atom is -0.496 e. The molecule has 3 rings (SSSR count). The summed E-state index contributed by atoms with van der Waals surface area (Å²) in [6, 6.07) is 15.9. The summed E-state index contributed by atoms with van der Waals surface area (Å²) < 4.78 is 16.9. The molecule has 2 atom stereocenters. The van der Waals surface area contributed by atoms with E-state index in [0.717, 1.165) is 49.3 Å². The third-order valence-electron chi connectivity index (χ3n) is 4.96. The van der Waals surface area contributed by atoms with Crippen molar-refractivity contribution < 1.29 is 19.0 Å². The molecule has 2 aromatic rings. The maximum atomic E-state index is 12.5. The molecule has 2 unspecified atom stereocenters. The predicted octanol–water partition coefficient (Wildman–Crippen LogP) is 4.20. The molecule has 150 valence electrons. The lowest BCUT2D eigenvalue weighted by Crippen LogP contribution is -2.32. The van der Waals surface area contributed by atoms with Crippen molar-refractivity contribution in [3.63, 3.8) is 0 Å². The minimum atomic E-state index is -0.537. The van der Waals surface area contributed by atoms with E-state index >= 15 is 0 Å². The smallest absolute Gasteiger partial charge is 0.253 e. The Bertz CT molecular complexity index is 756. The molecule has 1 aliphatic rings. The molecule has 28 heavy (non-hydrogen) atoms. The van der Waals surface area contributed by atoms with Gasteiger partial charge in [-0.2, -0.15) is 0 Å². The largest absolute Gasteiger partial charge is 0.496 e. The Morgan fingerprint density at radius 1 is 1.21 bits per heavy atom. The third-order valence-corrected chi connectivity index (χ3v) is 4.96.